The summed E-state index contributed by atoms with van der Waals surface area (Å²) in [6.07, 6.45) is -10.5. The summed E-state index contributed by atoms with van der Waals surface area (Å²) in [5.41, 5.74) is -1.90. The second-order valence-corrected chi connectivity index (χ2v) is 11.1. The number of carbonyl (C=O) groups is 1. The molecule has 0 bridgehead atoms. The Bertz CT molecular complexity index is 1230. The molecular formula is C29H29F8NO2. The fourth-order valence-corrected chi connectivity index (χ4v) is 4.90. The molecule has 3 atom stereocenters. The molecule has 0 saturated carbocycles. The van der Waals surface area contributed by atoms with Crippen LogP contribution in [0.4, 0.5) is 35.1 Å². The maximum Gasteiger partial charge on any atom is 0.416 e. The number of rotatable bonds is 5. The van der Waals surface area contributed by atoms with Crippen molar-refractivity contribution in [2.75, 3.05) is 6.54 Å². The molecule has 0 amide bonds. The fraction of sp³-hybridized carbons (Fsp3) is 0.483. The van der Waals surface area contributed by atoms with Crippen LogP contribution in [0.25, 0.3) is 0 Å². The Balaban J connectivity index is 2.10. The Morgan fingerprint density at radius 2 is 1.45 bits per heavy atom. The van der Waals surface area contributed by atoms with E-state index in [0.717, 1.165) is 36.4 Å². The summed E-state index contributed by atoms with van der Waals surface area (Å²) in [6, 6.07) is 5.77. The van der Waals surface area contributed by atoms with E-state index in [4.69, 9.17) is 0 Å². The SMILES string of the molecule is CC(C)(C)CC(C#Cc1ccc(C(F)(F)F)cc1)N1CCC(F)(F)C(CC(=O)O)C1c1ccc(C(F)(F)F)cc1. The Morgan fingerprint density at radius 3 is 1.90 bits per heavy atom. The number of alkyl halides is 8. The van der Waals surface area contributed by atoms with Crippen molar-refractivity contribution in [1.82, 2.24) is 4.90 Å². The minimum absolute atomic E-state index is 0.0915. The highest BCUT2D eigenvalue weighted by atomic mass is 19.4. The number of hydrogen-bond acceptors (Lipinski definition) is 2. The molecule has 11 heteroatoms. The zero-order valence-corrected chi connectivity index (χ0v) is 22.0. The average molecular weight is 576 g/mol. The lowest BCUT2D eigenvalue weighted by molar-refractivity contribution is -0.161. The van der Waals surface area contributed by atoms with Gasteiger partial charge in [0.1, 0.15) is 0 Å². The summed E-state index contributed by atoms with van der Waals surface area (Å²) in [7, 11) is 0. The third kappa shape index (κ3) is 7.96. The zero-order valence-electron chi connectivity index (χ0n) is 22.0. The van der Waals surface area contributed by atoms with E-state index in [0.29, 0.717) is 6.42 Å². The molecule has 218 valence electrons. The second kappa shape index (κ2) is 11.4. The number of hydrogen-bond donors (Lipinski definition) is 1. The van der Waals surface area contributed by atoms with Gasteiger partial charge in [0.25, 0.3) is 5.92 Å². The maximum absolute atomic E-state index is 15.2. The molecule has 2 aromatic carbocycles. The van der Waals surface area contributed by atoms with Gasteiger partial charge in [-0.15, -0.1) is 0 Å². The van der Waals surface area contributed by atoms with Crippen molar-refractivity contribution >= 4 is 5.97 Å². The Hall–Kier alpha value is -3.13. The van der Waals surface area contributed by atoms with Crippen LogP contribution in [0.1, 0.15) is 68.3 Å². The van der Waals surface area contributed by atoms with E-state index in [1.54, 1.807) is 4.90 Å². The lowest BCUT2D eigenvalue weighted by Crippen LogP contribution is -2.53. The highest BCUT2D eigenvalue weighted by Crippen LogP contribution is 2.48. The number of piperidine rings is 1. The monoisotopic (exact) mass is 575 g/mol. The largest absolute Gasteiger partial charge is 0.481 e. The normalized spacial score (nSPS) is 20.9. The van der Waals surface area contributed by atoms with Gasteiger partial charge in [0.15, 0.2) is 0 Å². The predicted molar refractivity (Wildman–Crippen MR) is 132 cm³/mol. The highest BCUT2D eigenvalue weighted by molar-refractivity contribution is 5.67. The van der Waals surface area contributed by atoms with E-state index in [1.165, 1.54) is 12.1 Å². The van der Waals surface area contributed by atoms with Crippen LogP contribution >= 0.6 is 0 Å². The summed E-state index contributed by atoms with van der Waals surface area (Å²) in [6.45, 7) is 5.40. The highest BCUT2D eigenvalue weighted by Gasteiger charge is 2.52. The first-order valence-electron chi connectivity index (χ1n) is 12.5. The van der Waals surface area contributed by atoms with Crippen LogP contribution < -0.4 is 0 Å². The van der Waals surface area contributed by atoms with Crippen molar-refractivity contribution in [3.05, 3.63) is 70.8 Å². The number of likely N-dealkylation sites (tertiary alicyclic amines) is 1. The Morgan fingerprint density at radius 1 is 0.950 bits per heavy atom. The summed E-state index contributed by atoms with van der Waals surface area (Å²) in [5, 5.41) is 9.45. The molecule has 2 aromatic rings. The molecule has 3 rings (SSSR count). The molecule has 0 radical (unpaired) electrons. The Kier molecular flexibility index (Phi) is 8.94. The molecule has 1 saturated heterocycles. The molecule has 0 aromatic heterocycles. The van der Waals surface area contributed by atoms with E-state index in [2.05, 4.69) is 11.8 Å². The molecule has 3 unspecified atom stereocenters. The van der Waals surface area contributed by atoms with Crippen molar-refractivity contribution in [3.8, 4) is 11.8 Å². The van der Waals surface area contributed by atoms with Gasteiger partial charge in [0.2, 0.25) is 0 Å². The van der Waals surface area contributed by atoms with Crippen molar-refractivity contribution < 1.29 is 45.0 Å². The van der Waals surface area contributed by atoms with Crippen LogP contribution in [0.5, 0.6) is 0 Å². The van der Waals surface area contributed by atoms with Crippen LogP contribution in [0.2, 0.25) is 0 Å². The maximum atomic E-state index is 15.2. The molecule has 1 aliphatic rings. The predicted octanol–water partition coefficient (Wildman–Crippen LogP) is 8.05. The molecule has 1 aliphatic heterocycles. The van der Waals surface area contributed by atoms with Crippen molar-refractivity contribution in [3.63, 3.8) is 0 Å². The van der Waals surface area contributed by atoms with Crippen LogP contribution in [-0.2, 0) is 17.1 Å². The van der Waals surface area contributed by atoms with Gasteiger partial charge in [0, 0.05) is 24.6 Å². The minimum Gasteiger partial charge on any atom is -0.481 e. The topological polar surface area (TPSA) is 40.5 Å². The molecule has 3 nitrogen and oxygen atoms in total. The zero-order chi connectivity index (χ0) is 30.1. The molecule has 1 fully saturated rings. The van der Waals surface area contributed by atoms with Crippen LogP contribution in [0.15, 0.2) is 48.5 Å². The first-order chi connectivity index (χ1) is 18.3. The smallest absolute Gasteiger partial charge is 0.416 e. The van der Waals surface area contributed by atoms with Gasteiger partial charge in [-0.2, -0.15) is 26.3 Å². The van der Waals surface area contributed by atoms with Gasteiger partial charge >= 0.3 is 18.3 Å². The molecule has 0 aliphatic carbocycles. The number of halogens is 8. The summed E-state index contributed by atoms with van der Waals surface area (Å²) in [4.78, 5) is 13.2. The third-order valence-electron chi connectivity index (χ3n) is 6.76. The van der Waals surface area contributed by atoms with Crippen molar-refractivity contribution in [2.24, 2.45) is 11.3 Å². The lowest BCUT2D eigenvalue weighted by Gasteiger charge is -2.48. The standard InChI is InChI=1S/C29H29F8NO2/c1-26(2,3)17-22(13-6-18-4-9-20(10-5-18)28(32,33)34)38-15-14-27(30,31)23(16-24(39)40)25(38)19-7-11-21(12-8-19)29(35,36)37/h4-5,7-12,22-23,25H,14-17H2,1-3H3,(H,39,40). The minimum atomic E-state index is -4.66. The van der Waals surface area contributed by atoms with E-state index < -0.39 is 71.6 Å². The van der Waals surface area contributed by atoms with E-state index >= 15 is 8.78 Å². The lowest BCUT2D eigenvalue weighted by atomic mass is 9.77. The van der Waals surface area contributed by atoms with Gasteiger partial charge in [-0.1, -0.05) is 44.7 Å². The third-order valence-corrected chi connectivity index (χ3v) is 6.76. The number of benzene rings is 2. The van der Waals surface area contributed by atoms with E-state index in [-0.39, 0.29) is 17.7 Å². The van der Waals surface area contributed by atoms with Crippen LogP contribution in [0.3, 0.4) is 0 Å². The van der Waals surface area contributed by atoms with Crippen LogP contribution in [-0.4, -0.2) is 34.5 Å². The van der Waals surface area contributed by atoms with Crippen molar-refractivity contribution in [1.29, 1.82) is 0 Å². The summed E-state index contributed by atoms with van der Waals surface area (Å²) in [5.74, 6) is -0.871. The first-order valence-corrected chi connectivity index (χ1v) is 12.5. The summed E-state index contributed by atoms with van der Waals surface area (Å²) < 4.78 is 109. The molecule has 0 spiro atoms. The number of carboxylic acids is 1. The van der Waals surface area contributed by atoms with Gasteiger partial charge < -0.3 is 5.11 Å². The van der Waals surface area contributed by atoms with Gasteiger partial charge in [-0.25, -0.2) is 8.78 Å². The average Bonchev–Trinajstić information content (AvgIpc) is 2.81. The molecular weight excluding hydrogens is 546 g/mol. The summed E-state index contributed by atoms with van der Waals surface area (Å²) >= 11 is 0. The van der Waals surface area contributed by atoms with Crippen molar-refractivity contribution in [2.45, 2.75) is 70.4 Å². The number of nitrogens with zero attached hydrogens (tertiary/aromatic N) is 1. The Labute approximate surface area is 227 Å². The molecule has 1 N–H and O–H groups in total. The van der Waals surface area contributed by atoms with E-state index in [1.807, 2.05) is 20.8 Å². The van der Waals surface area contributed by atoms with Gasteiger partial charge in [-0.05, 0) is 53.8 Å². The fourth-order valence-electron chi connectivity index (χ4n) is 4.90. The quantitative estimate of drug-likeness (QED) is 0.290. The molecule has 40 heavy (non-hydrogen) atoms. The van der Waals surface area contributed by atoms with Gasteiger partial charge in [0.05, 0.1) is 29.5 Å². The molecule has 1 heterocycles. The van der Waals surface area contributed by atoms with Crippen LogP contribution in [0, 0.1) is 23.2 Å². The van der Waals surface area contributed by atoms with E-state index in [9.17, 15) is 36.2 Å². The van der Waals surface area contributed by atoms with Gasteiger partial charge in [-0.3, -0.25) is 9.69 Å². The second-order valence-electron chi connectivity index (χ2n) is 11.1. The number of aliphatic carboxylic acids is 1. The first kappa shape index (κ1) is 31.4. The number of carboxylic acid groups (broad SMARTS) is 1.